The average Bonchev–Trinajstić information content (AvgIpc) is 2.74. The second-order valence-corrected chi connectivity index (χ2v) is 8.91. The molecule has 164 valence electrons. The molecule has 0 aliphatic rings. The number of halogens is 1. The van der Waals surface area contributed by atoms with E-state index in [-0.39, 0.29) is 24.2 Å². The lowest BCUT2D eigenvalue weighted by molar-refractivity contribution is -0.118. The normalized spacial score (nSPS) is 12.5. The van der Waals surface area contributed by atoms with Crippen LogP contribution in [0.2, 0.25) is 5.02 Å². The van der Waals surface area contributed by atoms with Gasteiger partial charge >= 0.3 is 0 Å². The van der Waals surface area contributed by atoms with Gasteiger partial charge in [-0.25, -0.2) is 13.1 Å². The van der Waals surface area contributed by atoms with Gasteiger partial charge in [0.1, 0.15) is 11.3 Å². The van der Waals surface area contributed by atoms with Gasteiger partial charge in [0.15, 0.2) is 6.61 Å². The molecule has 1 heterocycles. The second-order valence-electron chi connectivity index (χ2n) is 6.78. The number of pyridine rings is 1. The van der Waals surface area contributed by atoms with Crippen LogP contribution in [0.3, 0.4) is 0 Å². The molecule has 0 aliphatic heterocycles. The summed E-state index contributed by atoms with van der Waals surface area (Å²) in [5.41, 5.74) is 1.00. The van der Waals surface area contributed by atoms with Crippen LogP contribution >= 0.6 is 11.6 Å². The van der Waals surface area contributed by atoms with Gasteiger partial charge in [0.05, 0.1) is 16.5 Å². The number of nitrogens with zero attached hydrogens (tertiary/aromatic N) is 1. The van der Waals surface area contributed by atoms with Gasteiger partial charge in [-0.05, 0) is 55.5 Å². The molecule has 31 heavy (non-hydrogen) atoms. The maximum Gasteiger partial charge on any atom is 0.262 e. The SMILES string of the molecule is COCC(C)NS(=O)(=O)c1ccc(NC(=O)COc2ccc(Cl)c3cccnc23)cc1. The van der Waals surface area contributed by atoms with Crippen molar-refractivity contribution in [3.8, 4) is 5.75 Å². The molecule has 0 radical (unpaired) electrons. The third kappa shape index (κ3) is 5.92. The van der Waals surface area contributed by atoms with Crippen molar-refractivity contribution in [1.29, 1.82) is 0 Å². The first-order chi connectivity index (χ1) is 14.8. The third-order valence-electron chi connectivity index (χ3n) is 4.26. The lowest BCUT2D eigenvalue weighted by atomic mass is 10.2. The number of fused-ring (bicyclic) bond motifs is 1. The number of ether oxygens (including phenoxy) is 2. The number of amides is 1. The Kier molecular flexibility index (Phi) is 7.45. The summed E-state index contributed by atoms with van der Waals surface area (Å²) >= 11 is 6.16. The van der Waals surface area contributed by atoms with Crippen LogP contribution in [0.15, 0.2) is 59.6 Å². The molecule has 2 aromatic carbocycles. The Morgan fingerprint density at radius 3 is 2.61 bits per heavy atom. The van der Waals surface area contributed by atoms with E-state index in [1.165, 1.54) is 31.4 Å². The summed E-state index contributed by atoms with van der Waals surface area (Å²) in [6, 6.07) is 12.4. The van der Waals surface area contributed by atoms with Gasteiger partial charge in [-0.2, -0.15) is 0 Å². The molecule has 0 bridgehead atoms. The number of rotatable bonds is 9. The highest BCUT2D eigenvalue weighted by molar-refractivity contribution is 7.89. The van der Waals surface area contributed by atoms with E-state index in [0.717, 1.165) is 5.39 Å². The number of sulfonamides is 1. The smallest absolute Gasteiger partial charge is 0.262 e. The molecular formula is C21H22ClN3O5S. The van der Waals surface area contributed by atoms with Crippen molar-refractivity contribution in [2.45, 2.75) is 17.9 Å². The molecule has 8 nitrogen and oxygen atoms in total. The molecule has 1 amide bonds. The van der Waals surface area contributed by atoms with Crippen LogP contribution < -0.4 is 14.8 Å². The fourth-order valence-corrected chi connectivity index (χ4v) is 4.35. The second kappa shape index (κ2) is 10.1. The maximum atomic E-state index is 12.4. The molecule has 0 aliphatic carbocycles. The lowest BCUT2D eigenvalue weighted by Crippen LogP contribution is -2.35. The van der Waals surface area contributed by atoms with Gasteiger partial charge in [0.25, 0.3) is 5.91 Å². The molecule has 1 unspecified atom stereocenters. The fourth-order valence-electron chi connectivity index (χ4n) is 2.90. The molecule has 0 saturated carbocycles. The maximum absolute atomic E-state index is 12.4. The van der Waals surface area contributed by atoms with Crippen LogP contribution in [0.5, 0.6) is 5.75 Å². The van der Waals surface area contributed by atoms with Crippen molar-refractivity contribution in [2.75, 3.05) is 25.6 Å². The van der Waals surface area contributed by atoms with E-state index in [9.17, 15) is 13.2 Å². The van der Waals surface area contributed by atoms with Gasteiger partial charge in [-0.3, -0.25) is 9.78 Å². The van der Waals surface area contributed by atoms with Gasteiger partial charge in [-0.1, -0.05) is 11.6 Å². The minimum absolute atomic E-state index is 0.0865. The Hall–Kier alpha value is -2.72. The van der Waals surface area contributed by atoms with Gasteiger partial charge in [0, 0.05) is 30.4 Å². The number of carbonyl (C=O) groups is 1. The summed E-state index contributed by atoms with van der Waals surface area (Å²) < 4.78 is 37.8. The van der Waals surface area contributed by atoms with Gasteiger partial charge in [-0.15, -0.1) is 0 Å². The molecule has 0 fully saturated rings. The van der Waals surface area contributed by atoms with Crippen LogP contribution in [0.4, 0.5) is 5.69 Å². The number of anilines is 1. The summed E-state index contributed by atoms with van der Waals surface area (Å²) in [6.07, 6.45) is 1.62. The first-order valence-electron chi connectivity index (χ1n) is 9.37. The highest BCUT2D eigenvalue weighted by Crippen LogP contribution is 2.29. The third-order valence-corrected chi connectivity index (χ3v) is 6.19. The number of hydrogen-bond donors (Lipinski definition) is 2. The zero-order valence-electron chi connectivity index (χ0n) is 17.0. The molecule has 1 aromatic heterocycles. The van der Waals surface area contributed by atoms with E-state index in [1.807, 2.05) is 6.07 Å². The Labute approximate surface area is 185 Å². The largest absolute Gasteiger partial charge is 0.481 e. The number of aromatic nitrogens is 1. The first-order valence-corrected chi connectivity index (χ1v) is 11.2. The van der Waals surface area contributed by atoms with Crippen LogP contribution in [0, 0.1) is 0 Å². The summed E-state index contributed by atoms with van der Waals surface area (Å²) in [5, 5.41) is 3.94. The minimum atomic E-state index is -3.68. The zero-order chi connectivity index (χ0) is 22.4. The molecule has 10 heteroatoms. The monoisotopic (exact) mass is 463 g/mol. The standard InChI is InChI=1S/C21H22ClN3O5S/c1-14(12-29-2)25-31(27,28)16-7-5-15(6-8-16)24-20(26)13-30-19-10-9-18(22)17-4-3-11-23-21(17)19/h3-11,14,25H,12-13H2,1-2H3,(H,24,26). The van der Waals surface area contributed by atoms with Crippen molar-refractivity contribution < 1.29 is 22.7 Å². The molecule has 1 atom stereocenters. The highest BCUT2D eigenvalue weighted by atomic mass is 35.5. The van der Waals surface area contributed by atoms with Crippen LogP contribution in [-0.2, 0) is 19.6 Å². The molecule has 3 rings (SSSR count). The predicted octanol–water partition coefficient (Wildman–Crippen LogP) is 3.22. The van der Waals surface area contributed by atoms with Crippen LogP contribution in [-0.4, -0.2) is 45.7 Å². The fraction of sp³-hybridized carbons (Fsp3) is 0.238. The molecule has 3 aromatic rings. The van der Waals surface area contributed by atoms with Crippen molar-refractivity contribution in [3.05, 3.63) is 59.8 Å². The van der Waals surface area contributed by atoms with Crippen LogP contribution in [0.25, 0.3) is 10.9 Å². The summed E-state index contributed by atoms with van der Waals surface area (Å²) in [5.74, 6) is 0.0364. The summed E-state index contributed by atoms with van der Waals surface area (Å²) in [4.78, 5) is 16.6. The Balaban J connectivity index is 1.61. The molecular weight excluding hydrogens is 442 g/mol. The van der Waals surface area contributed by atoms with E-state index < -0.39 is 15.9 Å². The number of hydrogen-bond acceptors (Lipinski definition) is 6. The van der Waals surface area contributed by atoms with Crippen LogP contribution in [0.1, 0.15) is 6.92 Å². The number of nitrogens with one attached hydrogen (secondary N) is 2. The molecule has 0 spiro atoms. The average molecular weight is 464 g/mol. The van der Waals surface area contributed by atoms with Gasteiger partial charge < -0.3 is 14.8 Å². The van der Waals surface area contributed by atoms with Crippen molar-refractivity contribution in [1.82, 2.24) is 9.71 Å². The van der Waals surface area contributed by atoms with Gasteiger partial charge in [0.2, 0.25) is 10.0 Å². The molecule has 0 saturated heterocycles. The van der Waals surface area contributed by atoms with E-state index in [4.69, 9.17) is 21.1 Å². The number of carbonyl (C=O) groups excluding carboxylic acids is 1. The van der Waals surface area contributed by atoms with E-state index in [1.54, 1.807) is 31.3 Å². The van der Waals surface area contributed by atoms with Crippen molar-refractivity contribution >= 4 is 44.1 Å². The van der Waals surface area contributed by atoms with Crippen molar-refractivity contribution in [3.63, 3.8) is 0 Å². The summed E-state index contributed by atoms with van der Waals surface area (Å²) in [6.45, 7) is 1.71. The van der Waals surface area contributed by atoms with Crippen molar-refractivity contribution in [2.24, 2.45) is 0 Å². The topological polar surface area (TPSA) is 107 Å². The van der Waals surface area contributed by atoms with E-state index in [2.05, 4.69) is 15.0 Å². The predicted molar refractivity (Wildman–Crippen MR) is 119 cm³/mol. The Morgan fingerprint density at radius 2 is 1.90 bits per heavy atom. The Morgan fingerprint density at radius 1 is 1.16 bits per heavy atom. The zero-order valence-corrected chi connectivity index (χ0v) is 18.5. The quantitative estimate of drug-likeness (QED) is 0.504. The Bertz CT molecular complexity index is 1170. The molecule has 2 N–H and O–H groups in total. The van der Waals surface area contributed by atoms with E-state index >= 15 is 0 Å². The first kappa shape index (κ1) is 23.0. The van der Waals surface area contributed by atoms with E-state index in [0.29, 0.717) is 22.0 Å². The number of benzene rings is 2. The minimum Gasteiger partial charge on any atom is -0.481 e. The lowest BCUT2D eigenvalue weighted by Gasteiger charge is -2.13. The summed E-state index contributed by atoms with van der Waals surface area (Å²) in [7, 11) is -2.18. The number of methoxy groups -OCH3 is 1. The highest BCUT2D eigenvalue weighted by Gasteiger charge is 2.17.